The molecule has 13 heteroatoms. The summed E-state index contributed by atoms with van der Waals surface area (Å²) < 4.78 is 54.6. The van der Waals surface area contributed by atoms with E-state index in [2.05, 4.69) is 15.5 Å². The van der Waals surface area contributed by atoms with E-state index in [1.807, 2.05) is 0 Å². The molecule has 1 amide bonds. The number of amides is 1. The van der Waals surface area contributed by atoms with E-state index in [4.69, 9.17) is 0 Å². The lowest BCUT2D eigenvalue weighted by Crippen LogP contribution is -2.20. The Balaban J connectivity index is 1.72. The summed E-state index contributed by atoms with van der Waals surface area (Å²) in [5, 5.41) is 20.5. The van der Waals surface area contributed by atoms with E-state index >= 15 is 0 Å². The van der Waals surface area contributed by atoms with E-state index in [1.165, 1.54) is 23.1 Å². The second-order valence-corrected chi connectivity index (χ2v) is 6.26. The van der Waals surface area contributed by atoms with Crippen LogP contribution in [0.2, 0.25) is 0 Å². The minimum Gasteiger partial charge on any atom is -0.322 e. The number of hydrogen-bond acceptors (Lipinski definition) is 5. The molecule has 0 bridgehead atoms. The van der Waals surface area contributed by atoms with Crippen LogP contribution in [-0.2, 0) is 24.1 Å². The van der Waals surface area contributed by atoms with E-state index in [9.17, 15) is 32.5 Å². The predicted molar refractivity (Wildman–Crippen MR) is 95.0 cm³/mol. The molecule has 0 spiro atoms. The summed E-state index contributed by atoms with van der Waals surface area (Å²) in [6.07, 6.45) is -2.36. The second-order valence-electron chi connectivity index (χ2n) is 6.26. The van der Waals surface area contributed by atoms with Crippen molar-refractivity contribution in [3.05, 3.63) is 69.5 Å². The molecule has 1 N–H and O–H groups in total. The molecule has 0 saturated heterocycles. The average molecular weight is 426 g/mol. The Labute approximate surface area is 166 Å². The van der Waals surface area contributed by atoms with Crippen LogP contribution >= 0.6 is 0 Å². The number of halogens is 4. The molecule has 158 valence electrons. The van der Waals surface area contributed by atoms with Gasteiger partial charge in [-0.15, -0.1) is 0 Å². The van der Waals surface area contributed by atoms with Crippen LogP contribution in [0.4, 0.5) is 28.9 Å². The van der Waals surface area contributed by atoms with Crippen molar-refractivity contribution in [2.75, 3.05) is 5.32 Å². The molecule has 2 aromatic heterocycles. The number of aromatic nitrogens is 4. The molecule has 0 aliphatic heterocycles. The zero-order chi connectivity index (χ0) is 22.1. The van der Waals surface area contributed by atoms with Gasteiger partial charge in [0.1, 0.15) is 18.1 Å². The number of carbonyl (C=O) groups is 1. The maximum absolute atomic E-state index is 13.7. The molecule has 0 aliphatic rings. The Bertz CT molecular complexity index is 1110. The van der Waals surface area contributed by atoms with Crippen LogP contribution in [-0.4, -0.2) is 30.4 Å². The van der Waals surface area contributed by atoms with Gasteiger partial charge in [-0.3, -0.25) is 24.3 Å². The Hall–Kier alpha value is -3.77. The Morgan fingerprint density at radius 3 is 2.60 bits per heavy atom. The van der Waals surface area contributed by atoms with Crippen molar-refractivity contribution in [3.63, 3.8) is 0 Å². The predicted octanol–water partition coefficient (Wildman–Crippen LogP) is 3.14. The largest absolute Gasteiger partial charge is 0.442 e. The molecule has 0 atom stereocenters. The van der Waals surface area contributed by atoms with Crippen LogP contribution in [0.5, 0.6) is 0 Å². The standard InChI is InChI=1S/C17H14F4N6O3/c1-10-15(27(29)30)16(17(19,20)21)24-26(10)9-14(28)23-12-6-22-25(8-12)7-11-4-2-3-5-13(11)18/h2-6,8H,7,9H2,1H3,(H,23,28). The summed E-state index contributed by atoms with van der Waals surface area (Å²) in [4.78, 5) is 22.0. The molecule has 1 aromatic carbocycles. The number of alkyl halides is 3. The number of benzene rings is 1. The number of hydrogen-bond donors (Lipinski definition) is 1. The molecule has 0 unspecified atom stereocenters. The molecule has 0 fully saturated rings. The van der Waals surface area contributed by atoms with Gasteiger partial charge in [0.2, 0.25) is 11.6 Å². The number of carbonyl (C=O) groups excluding carboxylic acids is 1. The fraction of sp³-hybridized carbons (Fsp3) is 0.235. The summed E-state index contributed by atoms with van der Waals surface area (Å²) in [5.41, 5.74) is -2.69. The first-order valence-corrected chi connectivity index (χ1v) is 8.41. The fourth-order valence-corrected chi connectivity index (χ4v) is 2.75. The Morgan fingerprint density at radius 2 is 2.00 bits per heavy atom. The summed E-state index contributed by atoms with van der Waals surface area (Å²) in [5.74, 6) is -1.19. The Morgan fingerprint density at radius 1 is 1.30 bits per heavy atom. The van der Waals surface area contributed by atoms with Gasteiger partial charge in [-0.05, 0) is 13.0 Å². The van der Waals surface area contributed by atoms with Crippen molar-refractivity contribution in [2.45, 2.75) is 26.2 Å². The van der Waals surface area contributed by atoms with Crippen molar-refractivity contribution in [3.8, 4) is 0 Å². The summed E-state index contributed by atoms with van der Waals surface area (Å²) in [6.45, 7) is 0.489. The average Bonchev–Trinajstić information content (AvgIpc) is 3.21. The smallest absolute Gasteiger partial charge is 0.322 e. The lowest BCUT2D eigenvalue weighted by molar-refractivity contribution is -0.388. The van der Waals surface area contributed by atoms with Crippen molar-refractivity contribution >= 4 is 17.3 Å². The molecule has 0 radical (unpaired) electrons. The molecular weight excluding hydrogens is 412 g/mol. The highest BCUT2D eigenvalue weighted by Gasteiger charge is 2.44. The van der Waals surface area contributed by atoms with Crippen LogP contribution < -0.4 is 5.32 Å². The number of anilines is 1. The monoisotopic (exact) mass is 426 g/mol. The number of nitrogens with one attached hydrogen (secondary N) is 1. The molecule has 0 saturated carbocycles. The Kier molecular flexibility index (Phi) is 5.54. The molecule has 0 aliphatic carbocycles. The third-order valence-corrected chi connectivity index (χ3v) is 4.13. The highest BCUT2D eigenvalue weighted by Crippen LogP contribution is 2.36. The zero-order valence-corrected chi connectivity index (χ0v) is 15.4. The lowest BCUT2D eigenvalue weighted by atomic mass is 10.2. The highest BCUT2D eigenvalue weighted by atomic mass is 19.4. The van der Waals surface area contributed by atoms with E-state index in [0.717, 1.165) is 6.92 Å². The van der Waals surface area contributed by atoms with Gasteiger partial charge in [-0.1, -0.05) is 18.2 Å². The van der Waals surface area contributed by atoms with Gasteiger partial charge in [0.05, 0.1) is 23.4 Å². The van der Waals surface area contributed by atoms with Gasteiger partial charge in [-0.25, -0.2) is 4.39 Å². The van der Waals surface area contributed by atoms with Crippen LogP contribution in [0.15, 0.2) is 36.7 Å². The van der Waals surface area contributed by atoms with Crippen molar-refractivity contribution in [1.29, 1.82) is 0 Å². The van der Waals surface area contributed by atoms with Crippen molar-refractivity contribution in [2.24, 2.45) is 0 Å². The summed E-state index contributed by atoms with van der Waals surface area (Å²) in [7, 11) is 0. The lowest BCUT2D eigenvalue weighted by Gasteiger charge is -2.05. The first kappa shape index (κ1) is 21.0. The maximum atomic E-state index is 13.7. The third-order valence-electron chi connectivity index (χ3n) is 4.13. The van der Waals surface area contributed by atoms with Crippen LogP contribution in [0.25, 0.3) is 0 Å². The second kappa shape index (κ2) is 7.93. The zero-order valence-electron chi connectivity index (χ0n) is 15.4. The highest BCUT2D eigenvalue weighted by molar-refractivity contribution is 5.90. The number of nitrogens with zero attached hydrogens (tertiary/aromatic N) is 5. The van der Waals surface area contributed by atoms with Gasteiger partial charge in [0.15, 0.2) is 0 Å². The normalized spacial score (nSPS) is 11.5. The van der Waals surface area contributed by atoms with E-state index in [0.29, 0.717) is 10.2 Å². The maximum Gasteiger partial charge on any atom is 0.442 e. The molecule has 9 nitrogen and oxygen atoms in total. The topological polar surface area (TPSA) is 108 Å². The number of rotatable bonds is 6. The van der Waals surface area contributed by atoms with E-state index < -0.39 is 46.4 Å². The minimum atomic E-state index is -5.04. The first-order valence-electron chi connectivity index (χ1n) is 8.41. The molecule has 2 heterocycles. The SMILES string of the molecule is Cc1c([N+](=O)[O-])c(C(F)(F)F)nn1CC(=O)Nc1cnn(Cc2ccccc2F)c1. The van der Waals surface area contributed by atoms with Crippen molar-refractivity contribution in [1.82, 2.24) is 19.6 Å². The van der Waals surface area contributed by atoms with E-state index in [1.54, 1.807) is 18.2 Å². The van der Waals surface area contributed by atoms with Crippen LogP contribution in [0, 0.1) is 22.9 Å². The van der Waals surface area contributed by atoms with Gasteiger partial charge in [-0.2, -0.15) is 23.4 Å². The minimum absolute atomic E-state index is 0.0992. The van der Waals surface area contributed by atoms with E-state index in [-0.39, 0.29) is 12.2 Å². The van der Waals surface area contributed by atoms with Gasteiger partial charge >= 0.3 is 11.9 Å². The summed E-state index contributed by atoms with van der Waals surface area (Å²) in [6, 6.07) is 6.06. The quantitative estimate of drug-likeness (QED) is 0.370. The van der Waals surface area contributed by atoms with Gasteiger partial charge in [0.25, 0.3) is 0 Å². The molecule has 3 aromatic rings. The molecular formula is C17H14F4N6O3. The number of nitro groups is 1. The van der Waals surface area contributed by atoms with Gasteiger partial charge in [0, 0.05) is 11.8 Å². The molecule has 30 heavy (non-hydrogen) atoms. The summed E-state index contributed by atoms with van der Waals surface area (Å²) >= 11 is 0. The van der Waals surface area contributed by atoms with Crippen molar-refractivity contribution < 1.29 is 27.3 Å². The first-order chi connectivity index (χ1) is 14.1. The van der Waals surface area contributed by atoms with Crippen LogP contribution in [0.3, 0.4) is 0 Å². The van der Waals surface area contributed by atoms with Gasteiger partial charge < -0.3 is 5.32 Å². The third kappa shape index (κ3) is 4.45. The molecule has 3 rings (SSSR count). The van der Waals surface area contributed by atoms with Crippen LogP contribution in [0.1, 0.15) is 17.0 Å². The fourth-order valence-electron chi connectivity index (χ4n) is 2.75.